The van der Waals surface area contributed by atoms with Crippen LogP contribution in [0.4, 0.5) is 0 Å². The van der Waals surface area contributed by atoms with Gasteiger partial charge in [0.2, 0.25) is 0 Å². The zero-order chi connectivity index (χ0) is 26.6. The number of carbonyl (C=O) groups excluding carboxylic acids is 1. The maximum absolute atomic E-state index is 12.5. The Kier molecular flexibility index (Phi) is 11.4. The van der Waals surface area contributed by atoms with Crippen LogP contribution < -0.4 is 0 Å². The highest BCUT2D eigenvalue weighted by Crippen LogP contribution is 2.41. The summed E-state index contributed by atoms with van der Waals surface area (Å²) in [6, 6.07) is 27.5. The van der Waals surface area contributed by atoms with Crippen molar-refractivity contribution in [2.45, 2.75) is 72.6 Å². The van der Waals surface area contributed by atoms with Crippen molar-refractivity contribution in [3.63, 3.8) is 0 Å². The summed E-state index contributed by atoms with van der Waals surface area (Å²) in [6.07, 6.45) is 8.71. The van der Waals surface area contributed by atoms with Crippen molar-refractivity contribution in [1.82, 2.24) is 0 Å². The van der Waals surface area contributed by atoms with Crippen LogP contribution in [0.5, 0.6) is 0 Å². The Morgan fingerprint density at radius 3 is 1.84 bits per heavy atom. The van der Waals surface area contributed by atoms with Gasteiger partial charge in [-0.15, -0.1) is 0 Å². The maximum Gasteiger partial charge on any atom is 0.165 e. The lowest BCUT2D eigenvalue weighted by atomic mass is 9.77. The van der Waals surface area contributed by atoms with Crippen molar-refractivity contribution in [2.75, 3.05) is 6.61 Å². The molecule has 0 saturated heterocycles. The smallest absolute Gasteiger partial charge is 0.165 e. The molecule has 0 aliphatic heterocycles. The average molecular weight is 499 g/mol. The van der Waals surface area contributed by atoms with Crippen LogP contribution in [0.2, 0.25) is 0 Å². The number of Topliss-reactive ketones (excluding diaryl/α,β-unsaturated/α-hetero) is 1. The Balaban J connectivity index is 0.000000391. The van der Waals surface area contributed by atoms with Gasteiger partial charge in [-0.1, -0.05) is 97.6 Å². The fourth-order valence-electron chi connectivity index (χ4n) is 5.20. The maximum atomic E-state index is 12.5. The molecule has 0 radical (unpaired) electrons. The van der Waals surface area contributed by atoms with E-state index in [0.29, 0.717) is 11.7 Å². The molecule has 2 saturated carbocycles. The molecular formula is C35H46O2. The lowest BCUT2D eigenvalue weighted by molar-refractivity contribution is 0.0967. The Morgan fingerprint density at radius 2 is 1.35 bits per heavy atom. The molecule has 5 rings (SSSR count). The van der Waals surface area contributed by atoms with Gasteiger partial charge in [-0.2, -0.15) is 0 Å². The van der Waals surface area contributed by atoms with Gasteiger partial charge in [0.05, 0.1) is 0 Å². The van der Waals surface area contributed by atoms with E-state index in [1.165, 1.54) is 65.5 Å². The van der Waals surface area contributed by atoms with Crippen LogP contribution in [0.1, 0.15) is 92.8 Å². The Bertz CT molecular complexity index is 1140. The number of hydrogen-bond donors (Lipinski definition) is 1. The SMILES string of the molecule is C/C(=C(\c1ccc(C(=O)C2CC2)cc1C)C1CCCCC1)c1ccccc1.CCO.Cc1ccccc1.[HH]. The Labute approximate surface area is 226 Å². The summed E-state index contributed by atoms with van der Waals surface area (Å²) in [7, 11) is 0. The second kappa shape index (κ2) is 14.7. The molecule has 198 valence electrons. The molecule has 0 amide bonds. The van der Waals surface area contributed by atoms with Gasteiger partial charge in [0, 0.05) is 19.5 Å². The minimum absolute atomic E-state index is 0. The molecular weight excluding hydrogens is 452 g/mol. The highest BCUT2D eigenvalue weighted by atomic mass is 16.2. The topological polar surface area (TPSA) is 37.3 Å². The Morgan fingerprint density at radius 1 is 0.784 bits per heavy atom. The molecule has 0 aromatic heterocycles. The first-order valence-corrected chi connectivity index (χ1v) is 14.0. The molecule has 2 nitrogen and oxygen atoms in total. The van der Waals surface area contributed by atoms with Gasteiger partial charge in [0.15, 0.2) is 5.78 Å². The number of ketones is 1. The standard InChI is InChI=1S/C26H30O.C7H8.C2H6O.H2/c1-18-17-23(26(27)22-13-14-22)15-16-24(18)25(21-11-7-4-8-12-21)19(2)20-9-5-3-6-10-20;1-7-5-3-2-4-6-7;1-2-3;/h3,5-6,9-10,15-17,21-22H,4,7-8,11-14H2,1-2H3;2-6H,1H3;3H,2H2,1H3;1H/b25-19+;;;. The molecule has 3 aromatic rings. The minimum atomic E-state index is 0. The van der Waals surface area contributed by atoms with Crippen LogP contribution >= 0.6 is 0 Å². The zero-order valence-corrected chi connectivity index (χ0v) is 23.2. The van der Waals surface area contributed by atoms with Crippen molar-refractivity contribution in [3.8, 4) is 0 Å². The van der Waals surface area contributed by atoms with E-state index in [2.05, 4.69) is 81.4 Å². The predicted octanol–water partition coefficient (Wildman–Crippen LogP) is 9.34. The first-order chi connectivity index (χ1) is 18.0. The molecule has 2 aliphatic rings. The molecule has 0 atom stereocenters. The van der Waals surface area contributed by atoms with Gasteiger partial charge in [-0.25, -0.2) is 0 Å². The number of benzene rings is 3. The molecule has 2 aliphatic carbocycles. The van der Waals surface area contributed by atoms with Crippen LogP contribution in [0.3, 0.4) is 0 Å². The van der Waals surface area contributed by atoms with Gasteiger partial charge < -0.3 is 5.11 Å². The quantitative estimate of drug-likeness (QED) is 0.281. The number of aryl methyl sites for hydroxylation is 2. The van der Waals surface area contributed by atoms with Crippen LogP contribution in [0.25, 0.3) is 11.1 Å². The highest BCUT2D eigenvalue weighted by molar-refractivity contribution is 6.00. The van der Waals surface area contributed by atoms with Gasteiger partial charge in [-0.05, 0) is 93.2 Å². The van der Waals surface area contributed by atoms with E-state index in [0.717, 1.165) is 18.4 Å². The average Bonchev–Trinajstić information content (AvgIpc) is 3.77. The van der Waals surface area contributed by atoms with E-state index in [1.54, 1.807) is 6.92 Å². The van der Waals surface area contributed by atoms with E-state index in [1.807, 2.05) is 18.2 Å². The molecule has 2 heteroatoms. The Hall–Kier alpha value is -2.97. The third-order valence-corrected chi connectivity index (χ3v) is 7.31. The highest BCUT2D eigenvalue weighted by Gasteiger charge is 2.31. The van der Waals surface area contributed by atoms with Gasteiger partial charge in [0.25, 0.3) is 0 Å². The normalized spacial score (nSPS) is 15.9. The van der Waals surface area contributed by atoms with E-state index >= 15 is 0 Å². The summed E-state index contributed by atoms with van der Waals surface area (Å²) >= 11 is 0. The van der Waals surface area contributed by atoms with E-state index in [9.17, 15) is 4.79 Å². The van der Waals surface area contributed by atoms with Crippen LogP contribution in [0.15, 0.2) is 78.9 Å². The largest absolute Gasteiger partial charge is 0.397 e. The first kappa shape index (κ1) is 28.6. The fraction of sp³-hybridized carbons (Fsp3) is 0.400. The molecule has 0 unspecified atom stereocenters. The molecule has 0 spiro atoms. The van der Waals surface area contributed by atoms with Crippen LogP contribution in [-0.4, -0.2) is 17.5 Å². The first-order valence-electron chi connectivity index (χ1n) is 14.0. The molecule has 37 heavy (non-hydrogen) atoms. The number of aliphatic hydroxyl groups excluding tert-OH is 1. The number of aliphatic hydroxyl groups is 1. The van der Waals surface area contributed by atoms with Gasteiger partial charge >= 0.3 is 0 Å². The summed E-state index contributed by atoms with van der Waals surface area (Å²) < 4.78 is 0. The van der Waals surface area contributed by atoms with E-state index in [4.69, 9.17) is 5.11 Å². The summed E-state index contributed by atoms with van der Waals surface area (Å²) in [5.41, 5.74) is 9.03. The molecule has 3 aromatic carbocycles. The van der Waals surface area contributed by atoms with E-state index < -0.39 is 0 Å². The van der Waals surface area contributed by atoms with Gasteiger partial charge in [0.1, 0.15) is 0 Å². The van der Waals surface area contributed by atoms with Crippen molar-refractivity contribution in [1.29, 1.82) is 0 Å². The van der Waals surface area contributed by atoms with Crippen molar-refractivity contribution in [3.05, 3.63) is 107 Å². The minimum Gasteiger partial charge on any atom is -0.397 e. The summed E-state index contributed by atoms with van der Waals surface area (Å²) in [6.45, 7) is 8.47. The third-order valence-electron chi connectivity index (χ3n) is 7.31. The lowest BCUT2D eigenvalue weighted by Gasteiger charge is -2.28. The monoisotopic (exact) mass is 498 g/mol. The number of rotatable bonds is 5. The summed E-state index contributed by atoms with van der Waals surface area (Å²) in [4.78, 5) is 12.5. The lowest BCUT2D eigenvalue weighted by Crippen LogP contribution is -2.11. The molecule has 2 fully saturated rings. The number of allylic oxidation sites excluding steroid dienone is 2. The summed E-state index contributed by atoms with van der Waals surface area (Å²) in [5.74, 6) is 1.25. The van der Waals surface area contributed by atoms with Crippen LogP contribution in [0, 0.1) is 25.7 Å². The summed E-state index contributed by atoms with van der Waals surface area (Å²) in [5, 5.41) is 7.57. The number of carbonyl (C=O) groups is 1. The molecule has 1 N–H and O–H groups in total. The zero-order valence-electron chi connectivity index (χ0n) is 23.2. The fourth-order valence-corrected chi connectivity index (χ4v) is 5.20. The van der Waals surface area contributed by atoms with E-state index in [-0.39, 0.29) is 14.0 Å². The van der Waals surface area contributed by atoms with Crippen molar-refractivity contribution >= 4 is 16.9 Å². The second-order valence-electron chi connectivity index (χ2n) is 10.4. The number of hydrogen-bond acceptors (Lipinski definition) is 2. The predicted molar refractivity (Wildman–Crippen MR) is 160 cm³/mol. The van der Waals surface area contributed by atoms with Crippen molar-refractivity contribution < 1.29 is 11.3 Å². The third kappa shape index (κ3) is 8.54. The van der Waals surface area contributed by atoms with Crippen LogP contribution in [-0.2, 0) is 0 Å². The molecule has 0 bridgehead atoms. The molecule has 0 heterocycles. The second-order valence-corrected chi connectivity index (χ2v) is 10.4. The van der Waals surface area contributed by atoms with Gasteiger partial charge in [-0.3, -0.25) is 4.79 Å². The van der Waals surface area contributed by atoms with Crippen molar-refractivity contribution in [2.24, 2.45) is 11.8 Å².